The van der Waals surface area contributed by atoms with E-state index in [2.05, 4.69) is 10.1 Å². The second kappa shape index (κ2) is 6.17. The van der Waals surface area contributed by atoms with E-state index in [1.807, 2.05) is 32.2 Å². The number of carbonyl (C=O) groups excluding carboxylic acids is 1. The fraction of sp³-hybridized carbons (Fsp3) is 0.438. The molecule has 22 heavy (non-hydrogen) atoms. The van der Waals surface area contributed by atoms with E-state index in [0.717, 1.165) is 12.2 Å². The minimum atomic E-state index is -0.0308. The van der Waals surface area contributed by atoms with Crippen LogP contribution in [0.4, 0.5) is 0 Å². The summed E-state index contributed by atoms with van der Waals surface area (Å²) in [7, 11) is 0. The van der Waals surface area contributed by atoms with Gasteiger partial charge in [0, 0.05) is 31.4 Å². The fourth-order valence-electron chi connectivity index (χ4n) is 2.52. The van der Waals surface area contributed by atoms with Crippen LogP contribution in [-0.2, 0) is 0 Å². The van der Waals surface area contributed by atoms with Crippen LogP contribution in [0.15, 0.2) is 36.8 Å². The van der Waals surface area contributed by atoms with Crippen molar-refractivity contribution in [1.29, 1.82) is 0 Å². The monoisotopic (exact) mass is 300 g/mol. The number of amides is 1. The molecular formula is C16H20N4O2. The van der Waals surface area contributed by atoms with Gasteiger partial charge in [-0.25, -0.2) is 0 Å². The highest BCUT2D eigenvalue weighted by Gasteiger charge is 2.29. The molecule has 0 aromatic carbocycles. The van der Waals surface area contributed by atoms with Crippen LogP contribution in [0.25, 0.3) is 0 Å². The van der Waals surface area contributed by atoms with E-state index >= 15 is 0 Å². The first-order valence-corrected chi connectivity index (χ1v) is 7.54. The third-order valence-electron chi connectivity index (χ3n) is 3.73. The molecule has 0 saturated carbocycles. The Balaban J connectivity index is 1.60. The molecule has 0 bridgehead atoms. The van der Waals surface area contributed by atoms with Crippen LogP contribution in [0.2, 0.25) is 0 Å². The minimum absolute atomic E-state index is 0.0142. The summed E-state index contributed by atoms with van der Waals surface area (Å²) in [6.07, 6.45) is 6.08. The molecule has 0 N–H and O–H groups in total. The van der Waals surface area contributed by atoms with Gasteiger partial charge < -0.3 is 9.64 Å². The Morgan fingerprint density at radius 1 is 1.41 bits per heavy atom. The SMILES string of the molecule is CC(C)n1ccc(C(=O)N2CCC(Oc3cccnc3)C2)n1. The molecule has 2 aromatic rings. The van der Waals surface area contributed by atoms with Crippen molar-refractivity contribution in [2.75, 3.05) is 13.1 Å². The summed E-state index contributed by atoms with van der Waals surface area (Å²) in [6, 6.07) is 5.74. The molecule has 116 valence electrons. The van der Waals surface area contributed by atoms with Crippen LogP contribution in [0.3, 0.4) is 0 Å². The first kappa shape index (κ1) is 14.6. The number of pyridine rings is 1. The molecule has 0 radical (unpaired) electrons. The van der Waals surface area contributed by atoms with Crippen LogP contribution < -0.4 is 4.74 Å². The lowest BCUT2D eigenvalue weighted by Gasteiger charge is -2.16. The first-order valence-electron chi connectivity index (χ1n) is 7.54. The summed E-state index contributed by atoms with van der Waals surface area (Å²) >= 11 is 0. The predicted octanol–water partition coefficient (Wildman–Crippen LogP) is 2.15. The van der Waals surface area contributed by atoms with Gasteiger partial charge in [0.1, 0.15) is 17.5 Å². The van der Waals surface area contributed by atoms with Gasteiger partial charge >= 0.3 is 0 Å². The highest BCUT2D eigenvalue weighted by molar-refractivity contribution is 5.92. The fourth-order valence-corrected chi connectivity index (χ4v) is 2.52. The average molecular weight is 300 g/mol. The van der Waals surface area contributed by atoms with Gasteiger partial charge in [-0.15, -0.1) is 0 Å². The Bertz CT molecular complexity index is 639. The molecule has 3 rings (SSSR count). The van der Waals surface area contributed by atoms with Gasteiger partial charge in [0.05, 0.1) is 12.7 Å². The van der Waals surface area contributed by atoms with Gasteiger partial charge in [-0.2, -0.15) is 5.10 Å². The molecule has 0 spiro atoms. The lowest BCUT2D eigenvalue weighted by atomic mass is 10.3. The van der Waals surface area contributed by atoms with Crippen molar-refractivity contribution < 1.29 is 9.53 Å². The van der Waals surface area contributed by atoms with E-state index in [0.29, 0.717) is 18.8 Å². The van der Waals surface area contributed by atoms with E-state index < -0.39 is 0 Å². The number of rotatable bonds is 4. The maximum atomic E-state index is 12.5. The van der Waals surface area contributed by atoms with E-state index in [-0.39, 0.29) is 18.1 Å². The number of hydrogen-bond donors (Lipinski definition) is 0. The summed E-state index contributed by atoms with van der Waals surface area (Å²) < 4.78 is 7.65. The van der Waals surface area contributed by atoms with Crippen molar-refractivity contribution in [3.63, 3.8) is 0 Å². The highest BCUT2D eigenvalue weighted by Crippen LogP contribution is 2.19. The zero-order chi connectivity index (χ0) is 15.5. The van der Waals surface area contributed by atoms with Crippen LogP contribution in [0.5, 0.6) is 5.75 Å². The van der Waals surface area contributed by atoms with Gasteiger partial charge in [-0.05, 0) is 32.0 Å². The molecule has 1 fully saturated rings. The number of hydrogen-bond acceptors (Lipinski definition) is 4. The molecule has 1 amide bonds. The lowest BCUT2D eigenvalue weighted by molar-refractivity contribution is 0.0765. The molecule has 6 nitrogen and oxygen atoms in total. The number of nitrogens with zero attached hydrogens (tertiary/aromatic N) is 4. The van der Waals surface area contributed by atoms with Crippen molar-refractivity contribution in [2.24, 2.45) is 0 Å². The molecule has 1 saturated heterocycles. The van der Waals surface area contributed by atoms with Crippen molar-refractivity contribution >= 4 is 5.91 Å². The first-order chi connectivity index (χ1) is 10.6. The summed E-state index contributed by atoms with van der Waals surface area (Å²) in [4.78, 5) is 18.3. The van der Waals surface area contributed by atoms with Crippen molar-refractivity contribution in [3.05, 3.63) is 42.5 Å². The van der Waals surface area contributed by atoms with Gasteiger partial charge in [0.25, 0.3) is 5.91 Å². The van der Waals surface area contributed by atoms with Crippen LogP contribution >= 0.6 is 0 Å². The van der Waals surface area contributed by atoms with Gasteiger partial charge in [0.15, 0.2) is 0 Å². The zero-order valence-electron chi connectivity index (χ0n) is 12.8. The molecule has 2 aromatic heterocycles. The van der Waals surface area contributed by atoms with E-state index in [9.17, 15) is 4.79 Å². The Hall–Kier alpha value is -2.37. The van der Waals surface area contributed by atoms with Crippen molar-refractivity contribution in [1.82, 2.24) is 19.7 Å². The van der Waals surface area contributed by atoms with Crippen molar-refractivity contribution in [2.45, 2.75) is 32.4 Å². The number of carbonyl (C=O) groups is 1. The topological polar surface area (TPSA) is 60.2 Å². The van der Waals surface area contributed by atoms with Crippen LogP contribution in [0.1, 0.15) is 36.8 Å². The summed E-state index contributed by atoms with van der Waals surface area (Å²) in [6.45, 7) is 5.35. The number of ether oxygens (including phenoxy) is 1. The molecule has 1 unspecified atom stereocenters. The largest absolute Gasteiger partial charge is 0.487 e. The van der Waals surface area contributed by atoms with Gasteiger partial charge in [0.2, 0.25) is 0 Å². The zero-order valence-corrected chi connectivity index (χ0v) is 12.8. The molecule has 1 aliphatic rings. The Morgan fingerprint density at radius 3 is 2.95 bits per heavy atom. The third kappa shape index (κ3) is 3.10. The molecule has 1 aliphatic heterocycles. The second-order valence-corrected chi connectivity index (χ2v) is 5.74. The third-order valence-corrected chi connectivity index (χ3v) is 3.73. The van der Waals surface area contributed by atoms with E-state index in [1.165, 1.54) is 0 Å². The average Bonchev–Trinajstić information content (AvgIpc) is 3.17. The van der Waals surface area contributed by atoms with Gasteiger partial charge in [-0.3, -0.25) is 14.5 Å². The minimum Gasteiger partial charge on any atom is -0.487 e. The standard InChI is InChI=1S/C16H20N4O2/c1-12(2)20-9-6-15(18-20)16(21)19-8-5-14(11-19)22-13-4-3-7-17-10-13/h3-4,6-7,9-10,12,14H,5,8,11H2,1-2H3. The maximum absolute atomic E-state index is 12.5. The molecule has 6 heteroatoms. The summed E-state index contributed by atoms with van der Waals surface area (Å²) in [5.41, 5.74) is 0.496. The smallest absolute Gasteiger partial charge is 0.274 e. The molecule has 0 aliphatic carbocycles. The second-order valence-electron chi connectivity index (χ2n) is 5.74. The highest BCUT2D eigenvalue weighted by atomic mass is 16.5. The maximum Gasteiger partial charge on any atom is 0.274 e. The Kier molecular flexibility index (Phi) is 4.09. The molecular weight excluding hydrogens is 280 g/mol. The van der Waals surface area contributed by atoms with Crippen molar-refractivity contribution in [3.8, 4) is 5.75 Å². The molecule has 3 heterocycles. The van der Waals surface area contributed by atoms with E-state index in [1.54, 1.807) is 28.0 Å². The Morgan fingerprint density at radius 2 is 2.27 bits per heavy atom. The van der Waals surface area contributed by atoms with Gasteiger partial charge in [-0.1, -0.05) is 0 Å². The molecule has 1 atom stereocenters. The summed E-state index contributed by atoms with van der Waals surface area (Å²) in [5, 5.41) is 4.34. The lowest BCUT2D eigenvalue weighted by Crippen LogP contribution is -2.31. The Labute approximate surface area is 129 Å². The number of likely N-dealkylation sites (tertiary alicyclic amines) is 1. The predicted molar refractivity (Wildman–Crippen MR) is 81.8 cm³/mol. The normalized spacial score (nSPS) is 18.0. The quantitative estimate of drug-likeness (QED) is 0.868. The van der Waals surface area contributed by atoms with Crippen LogP contribution in [-0.4, -0.2) is 44.8 Å². The summed E-state index contributed by atoms with van der Waals surface area (Å²) in [5.74, 6) is 0.711. The number of aromatic nitrogens is 3. The van der Waals surface area contributed by atoms with Crippen LogP contribution in [0, 0.1) is 0 Å². The van der Waals surface area contributed by atoms with E-state index in [4.69, 9.17) is 4.74 Å².